The van der Waals surface area contributed by atoms with Crippen molar-refractivity contribution in [3.05, 3.63) is 29.8 Å². The van der Waals surface area contributed by atoms with E-state index in [2.05, 4.69) is 28.7 Å². The van der Waals surface area contributed by atoms with Gasteiger partial charge in [-0.15, -0.1) is 17.0 Å². The van der Waals surface area contributed by atoms with Crippen molar-refractivity contribution in [2.24, 2.45) is 0 Å². The molecule has 0 radical (unpaired) electrons. The number of piperidine rings is 1. The van der Waals surface area contributed by atoms with Crippen molar-refractivity contribution in [3.63, 3.8) is 0 Å². The molecule has 1 unspecified atom stereocenters. The summed E-state index contributed by atoms with van der Waals surface area (Å²) in [6.45, 7) is 4.70. The monoisotopic (exact) mass is 418 g/mol. The molecule has 1 aromatic carbocycles. The molecule has 0 spiro atoms. The zero-order valence-electron chi connectivity index (χ0n) is 14.8. The maximum absolute atomic E-state index is 11.3. The van der Waals surface area contributed by atoms with Gasteiger partial charge in [0, 0.05) is 11.7 Å². The topological polar surface area (TPSA) is 49.4 Å². The molecule has 0 aromatic heterocycles. The number of nitrogens with one attached hydrogen (secondary N) is 1. The van der Waals surface area contributed by atoms with Crippen LogP contribution in [0.5, 0.6) is 0 Å². The number of unbranched alkanes of at least 4 members (excludes halogenated alkanes) is 1. The second-order valence-corrected chi connectivity index (χ2v) is 8.42. The highest BCUT2D eigenvalue weighted by molar-refractivity contribution is 8.93. The van der Waals surface area contributed by atoms with Crippen LogP contribution in [-0.4, -0.2) is 38.7 Å². The van der Waals surface area contributed by atoms with Gasteiger partial charge in [0.15, 0.2) is 0 Å². The summed E-state index contributed by atoms with van der Waals surface area (Å²) in [6.07, 6.45) is 10.00. The quantitative estimate of drug-likeness (QED) is 0.686. The molecule has 0 aliphatic carbocycles. The maximum atomic E-state index is 11.3. The van der Waals surface area contributed by atoms with Gasteiger partial charge >= 0.3 is 0 Å². The van der Waals surface area contributed by atoms with Gasteiger partial charge in [-0.2, -0.15) is 0 Å². The van der Waals surface area contributed by atoms with Gasteiger partial charge in [-0.25, -0.2) is 8.42 Å². The smallest absolute Gasteiger partial charge is 0.229 e. The van der Waals surface area contributed by atoms with E-state index in [1.165, 1.54) is 63.4 Å². The second-order valence-electron chi connectivity index (χ2n) is 6.67. The zero-order chi connectivity index (χ0) is 16.7. The lowest BCUT2D eigenvalue weighted by Crippen LogP contribution is -2.40. The molecule has 0 saturated carbocycles. The number of anilines is 1. The Hall–Kier alpha value is -0.590. The molecule has 1 aliphatic heterocycles. The maximum Gasteiger partial charge on any atom is 0.229 e. The van der Waals surface area contributed by atoms with Gasteiger partial charge in [0.2, 0.25) is 10.0 Å². The van der Waals surface area contributed by atoms with Crippen molar-refractivity contribution in [2.45, 2.75) is 57.9 Å². The van der Waals surface area contributed by atoms with Gasteiger partial charge in [-0.05, 0) is 56.5 Å². The number of hydrogen-bond acceptors (Lipinski definition) is 3. The minimum absolute atomic E-state index is 0. The average molecular weight is 419 g/mol. The van der Waals surface area contributed by atoms with Crippen molar-refractivity contribution in [2.75, 3.05) is 24.1 Å². The molecule has 1 aliphatic rings. The highest BCUT2D eigenvalue weighted by atomic mass is 79.9. The average Bonchev–Trinajstić information content (AvgIpc) is 2.52. The Labute approximate surface area is 157 Å². The first-order chi connectivity index (χ1) is 11.0. The molecule has 2 rings (SSSR count). The summed E-state index contributed by atoms with van der Waals surface area (Å²) in [5.74, 6) is 0. The zero-order valence-corrected chi connectivity index (χ0v) is 17.4. The molecule has 6 heteroatoms. The van der Waals surface area contributed by atoms with Crippen LogP contribution in [0.1, 0.15) is 51.0 Å². The third kappa shape index (κ3) is 7.53. The predicted molar refractivity (Wildman–Crippen MR) is 108 cm³/mol. The summed E-state index contributed by atoms with van der Waals surface area (Å²) in [5.41, 5.74) is 1.93. The van der Waals surface area contributed by atoms with Crippen molar-refractivity contribution in [3.8, 4) is 0 Å². The van der Waals surface area contributed by atoms with Gasteiger partial charge in [0.05, 0.1) is 6.26 Å². The molecule has 1 fully saturated rings. The largest absolute Gasteiger partial charge is 0.300 e. The van der Waals surface area contributed by atoms with Crippen LogP contribution in [0.15, 0.2) is 24.3 Å². The number of nitrogens with zero attached hydrogens (tertiary/aromatic N) is 1. The van der Waals surface area contributed by atoms with Crippen LogP contribution in [0, 0.1) is 0 Å². The van der Waals surface area contributed by atoms with Gasteiger partial charge in [-0.3, -0.25) is 4.72 Å². The predicted octanol–water partition coefficient (Wildman–Crippen LogP) is 4.22. The Bertz CT molecular complexity index is 569. The third-order valence-electron chi connectivity index (χ3n) is 4.53. The van der Waals surface area contributed by atoms with E-state index in [0.29, 0.717) is 11.7 Å². The van der Waals surface area contributed by atoms with Crippen LogP contribution in [0.4, 0.5) is 5.69 Å². The van der Waals surface area contributed by atoms with E-state index >= 15 is 0 Å². The highest BCUT2D eigenvalue weighted by Gasteiger charge is 2.20. The molecule has 4 nitrogen and oxygen atoms in total. The minimum Gasteiger partial charge on any atom is -0.300 e. The fourth-order valence-electron chi connectivity index (χ4n) is 3.33. The molecule has 1 atom stereocenters. The summed E-state index contributed by atoms with van der Waals surface area (Å²) in [7, 11) is -3.20. The van der Waals surface area contributed by atoms with E-state index < -0.39 is 10.0 Å². The SMILES string of the molecule is Br.CCCCC(Cc1ccc(NS(C)(=O)=O)cc1)N1CCCCC1. The lowest BCUT2D eigenvalue weighted by atomic mass is 9.97. The molecular formula is C18H31BrN2O2S. The first-order valence-corrected chi connectivity index (χ1v) is 10.7. The van der Waals surface area contributed by atoms with E-state index in [9.17, 15) is 8.42 Å². The van der Waals surface area contributed by atoms with Gasteiger partial charge in [0.1, 0.15) is 0 Å². The molecule has 138 valence electrons. The molecule has 0 bridgehead atoms. The number of benzene rings is 1. The standard InChI is InChI=1S/C18H30N2O2S.BrH/c1-3-4-8-18(20-13-6-5-7-14-20)15-16-9-11-17(12-10-16)19-23(2,21)22;/h9-12,18-19H,3-8,13-15H2,1-2H3;1H. The second kappa shape index (κ2) is 10.4. The van der Waals surface area contributed by atoms with Crippen LogP contribution < -0.4 is 4.72 Å². The van der Waals surface area contributed by atoms with Gasteiger partial charge in [0.25, 0.3) is 0 Å². The van der Waals surface area contributed by atoms with E-state index in [1.54, 1.807) is 0 Å². The summed E-state index contributed by atoms with van der Waals surface area (Å²) < 4.78 is 25.1. The molecule has 1 aromatic rings. The number of hydrogen-bond donors (Lipinski definition) is 1. The van der Waals surface area contributed by atoms with E-state index in [0.717, 1.165) is 6.42 Å². The lowest BCUT2D eigenvalue weighted by Gasteiger charge is -2.35. The van der Waals surface area contributed by atoms with E-state index in [4.69, 9.17) is 0 Å². The summed E-state index contributed by atoms with van der Waals surface area (Å²) >= 11 is 0. The Morgan fingerprint density at radius 3 is 2.29 bits per heavy atom. The van der Waals surface area contributed by atoms with Crippen LogP contribution >= 0.6 is 17.0 Å². The van der Waals surface area contributed by atoms with Crippen LogP contribution in [0.2, 0.25) is 0 Å². The van der Waals surface area contributed by atoms with Crippen molar-refractivity contribution in [1.82, 2.24) is 4.90 Å². The Morgan fingerprint density at radius 2 is 1.75 bits per heavy atom. The molecule has 1 N–H and O–H groups in total. The lowest BCUT2D eigenvalue weighted by molar-refractivity contribution is 0.152. The molecule has 24 heavy (non-hydrogen) atoms. The van der Waals surface area contributed by atoms with Crippen molar-refractivity contribution in [1.29, 1.82) is 0 Å². The number of halogens is 1. The summed E-state index contributed by atoms with van der Waals surface area (Å²) in [6, 6.07) is 8.45. The minimum atomic E-state index is -3.20. The Kier molecular flexibility index (Phi) is 9.31. The van der Waals surface area contributed by atoms with E-state index in [-0.39, 0.29) is 17.0 Å². The first kappa shape index (κ1) is 21.5. The fourth-order valence-corrected chi connectivity index (χ4v) is 3.90. The van der Waals surface area contributed by atoms with Gasteiger partial charge in [-0.1, -0.05) is 38.3 Å². The molecule has 1 saturated heterocycles. The highest BCUT2D eigenvalue weighted by Crippen LogP contribution is 2.21. The number of rotatable bonds is 8. The normalized spacial score (nSPS) is 17.1. The first-order valence-electron chi connectivity index (χ1n) is 8.78. The molecule has 0 amide bonds. The van der Waals surface area contributed by atoms with E-state index in [1.807, 2.05) is 12.1 Å². The number of likely N-dealkylation sites (tertiary alicyclic amines) is 1. The molecular weight excluding hydrogens is 388 g/mol. The Morgan fingerprint density at radius 1 is 1.12 bits per heavy atom. The third-order valence-corrected chi connectivity index (χ3v) is 5.13. The van der Waals surface area contributed by atoms with Crippen LogP contribution in [-0.2, 0) is 16.4 Å². The fraction of sp³-hybridized carbons (Fsp3) is 0.667. The van der Waals surface area contributed by atoms with Gasteiger partial charge < -0.3 is 4.90 Å². The Balaban J connectivity index is 0.00000288. The van der Waals surface area contributed by atoms with Crippen LogP contribution in [0.25, 0.3) is 0 Å². The van der Waals surface area contributed by atoms with Crippen molar-refractivity contribution >= 4 is 32.7 Å². The number of sulfonamides is 1. The summed E-state index contributed by atoms with van der Waals surface area (Å²) in [4.78, 5) is 2.65. The van der Waals surface area contributed by atoms with Crippen molar-refractivity contribution < 1.29 is 8.42 Å². The summed E-state index contributed by atoms with van der Waals surface area (Å²) in [5, 5.41) is 0. The molecule has 1 heterocycles. The van der Waals surface area contributed by atoms with Crippen LogP contribution in [0.3, 0.4) is 0 Å².